The largest absolute Gasteiger partial charge is 0.364 e. The molecule has 0 spiro atoms. The Morgan fingerprint density at radius 1 is 1.08 bits per heavy atom. The zero-order valence-corrected chi connectivity index (χ0v) is 14.1. The number of fused-ring (bicyclic) bond motifs is 3. The van der Waals surface area contributed by atoms with Crippen molar-refractivity contribution in [1.29, 1.82) is 0 Å². The number of hydrogen-bond donors (Lipinski definition) is 1. The summed E-state index contributed by atoms with van der Waals surface area (Å²) >= 11 is 0. The molecular formula is C20H18N4O2. The number of nitrogens with one attached hydrogen (secondary N) is 1. The van der Waals surface area contributed by atoms with E-state index in [-0.39, 0.29) is 0 Å². The first-order valence-corrected chi connectivity index (χ1v) is 8.82. The minimum absolute atomic E-state index is 0.387. The smallest absolute Gasteiger partial charge is 0.304 e. The van der Waals surface area contributed by atoms with Crippen LogP contribution in [0.5, 0.6) is 0 Å². The number of hydrogen-bond acceptors (Lipinski definition) is 5. The summed E-state index contributed by atoms with van der Waals surface area (Å²) in [6.45, 7) is 1.93. The molecule has 2 saturated heterocycles. The molecule has 2 bridgehead atoms. The van der Waals surface area contributed by atoms with Gasteiger partial charge in [0, 0.05) is 30.7 Å². The fourth-order valence-corrected chi connectivity index (χ4v) is 4.10. The van der Waals surface area contributed by atoms with Gasteiger partial charge in [-0.05, 0) is 18.6 Å². The lowest BCUT2D eigenvalue weighted by atomic mass is 10.1. The third-order valence-electron chi connectivity index (χ3n) is 5.37. The average molecular weight is 346 g/mol. The molecule has 2 fully saturated rings. The summed E-state index contributed by atoms with van der Waals surface area (Å²) in [6, 6.07) is 15.4. The first kappa shape index (κ1) is 15.3. The van der Waals surface area contributed by atoms with Crippen molar-refractivity contribution in [2.45, 2.75) is 18.5 Å². The van der Waals surface area contributed by atoms with E-state index < -0.39 is 11.7 Å². The van der Waals surface area contributed by atoms with Crippen LogP contribution in [0.3, 0.4) is 0 Å². The average Bonchev–Trinajstić information content (AvgIpc) is 3.42. The maximum absolute atomic E-state index is 12.7. The molecule has 1 aromatic heterocycles. The Morgan fingerprint density at radius 2 is 1.92 bits per heavy atom. The quantitative estimate of drug-likeness (QED) is 0.581. The predicted octanol–water partition coefficient (Wildman–Crippen LogP) is 2.11. The van der Waals surface area contributed by atoms with Crippen LogP contribution in [0.2, 0.25) is 0 Å². The molecule has 0 amide bonds. The third kappa shape index (κ3) is 2.26. The summed E-state index contributed by atoms with van der Waals surface area (Å²) < 4.78 is 1.36. The number of rotatable bonds is 3. The summed E-state index contributed by atoms with van der Waals surface area (Å²) in [4.78, 5) is 32.1. The van der Waals surface area contributed by atoms with Gasteiger partial charge >= 0.3 is 5.91 Å². The summed E-state index contributed by atoms with van der Waals surface area (Å²) in [5.41, 5.74) is 2.87. The van der Waals surface area contributed by atoms with E-state index in [1.807, 2.05) is 24.3 Å². The van der Waals surface area contributed by atoms with Gasteiger partial charge in [-0.2, -0.15) is 0 Å². The van der Waals surface area contributed by atoms with Gasteiger partial charge in [-0.1, -0.05) is 36.4 Å². The number of imidazole rings is 1. The molecule has 2 atom stereocenters. The molecule has 0 radical (unpaired) electrons. The number of nitrogens with zero attached hydrogens (tertiary/aromatic N) is 3. The van der Waals surface area contributed by atoms with Crippen LogP contribution in [-0.2, 0) is 0 Å². The number of piperazine rings is 1. The van der Waals surface area contributed by atoms with Gasteiger partial charge in [-0.3, -0.25) is 14.2 Å². The molecule has 3 aromatic rings. The molecule has 6 heteroatoms. The van der Waals surface area contributed by atoms with E-state index >= 15 is 0 Å². The number of aromatic nitrogens is 2. The standard InChI is InChI=1S/C20H18N4O2/c25-19(13-5-2-1-3-6-13)20(26)24-12-22-18-16(7-4-8-17(18)24)23-11-14-9-15(23)10-21-14/h1-8,12,14-15,21H,9-11H2. The zero-order chi connectivity index (χ0) is 17.7. The predicted molar refractivity (Wildman–Crippen MR) is 98.7 cm³/mol. The van der Waals surface area contributed by atoms with Crippen molar-refractivity contribution < 1.29 is 9.59 Å². The van der Waals surface area contributed by atoms with Crippen LogP contribution in [0.1, 0.15) is 21.6 Å². The summed E-state index contributed by atoms with van der Waals surface area (Å²) in [6.07, 6.45) is 2.60. The summed E-state index contributed by atoms with van der Waals surface area (Å²) in [5.74, 6) is -1.11. The molecule has 5 rings (SSSR count). The SMILES string of the molecule is O=C(C(=O)n1cnc2c(N3CC4CC3CN4)cccc21)c1ccccc1. The van der Waals surface area contributed by atoms with Crippen LogP contribution >= 0.6 is 0 Å². The zero-order valence-electron chi connectivity index (χ0n) is 14.1. The molecule has 2 aliphatic heterocycles. The van der Waals surface area contributed by atoms with Crippen molar-refractivity contribution >= 4 is 28.4 Å². The van der Waals surface area contributed by atoms with Crippen LogP contribution < -0.4 is 10.2 Å². The van der Waals surface area contributed by atoms with Gasteiger partial charge < -0.3 is 10.2 Å². The van der Waals surface area contributed by atoms with Crippen molar-refractivity contribution in [3.63, 3.8) is 0 Å². The van der Waals surface area contributed by atoms with Gasteiger partial charge in [0.05, 0.1) is 11.2 Å². The molecule has 3 heterocycles. The highest BCUT2D eigenvalue weighted by Crippen LogP contribution is 2.33. The lowest BCUT2D eigenvalue weighted by Gasteiger charge is -2.29. The maximum atomic E-state index is 12.7. The minimum atomic E-state index is -0.583. The van der Waals surface area contributed by atoms with E-state index in [1.165, 1.54) is 10.9 Å². The first-order valence-electron chi connectivity index (χ1n) is 8.82. The molecule has 2 aromatic carbocycles. The van der Waals surface area contributed by atoms with Gasteiger partial charge in [0.25, 0.3) is 5.78 Å². The topological polar surface area (TPSA) is 67.2 Å². The Bertz CT molecular complexity index is 1010. The Kier molecular flexibility index (Phi) is 3.39. The van der Waals surface area contributed by atoms with Gasteiger partial charge in [-0.25, -0.2) is 4.98 Å². The highest BCUT2D eigenvalue weighted by atomic mass is 16.2. The summed E-state index contributed by atoms with van der Waals surface area (Å²) in [5, 5.41) is 3.49. The number of benzene rings is 2. The van der Waals surface area contributed by atoms with E-state index in [9.17, 15) is 9.59 Å². The number of carbonyl (C=O) groups is 2. The van der Waals surface area contributed by atoms with Gasteiger partial charge in [0.15, 0.2) is 0 Å². The molecule has 2 unspecified atom stereocenters. The van der Waals surface area contributed by atoms with Crippen molar-refractivity contribution in [3.05, 3.63) is 60.4 Å². The van der Waals surface area contributed by atoms with Gasteiger partial charge in [-0.15, -0.1) is 0 Å². The Hall–Kier alpha value is -2.99. The first-order chi connectivity index (χ1) is 12.7. The number of ketones is 1. The lowest BCUT2D eigenvalue weighted by molar-refractivity contribution is 0.0768. The van der Waals surface area contributed by atoms with Crippen molar-refractivity contribution in [2.75, 3.05) is 18.0 Å². The normalized spacial score (nSPS) is 21.5. The van der Waals surface area contributed by atoms with Crippen molar-refractivity contribution in [1.82, 2.24) is 14.9 Å². The van der Waals surface area contributed by atoms with Crippen LogP contribution in [0.4, 0.5) is 5.69 Å². The second kappa shape index (κ2) is 5.78. The number of anilines is 1. The molecule has 0 saturated carbocycles. The van der Waals surface area contributed by atoms with Gasteiger partial charge in [0.1, 0.15) is 11.8 Å². The van der Waals surface area contributed by atoms with E-state index in [4.69, 9.17) is 0 Å². The highest BCUT2D eigenvalue weighted by molar-refractivity contribution is 6.44. The molecule has 6 nitrogen and oxygen atoms in total. The monoisotopic (exact) mass is 346 g/mol. The second-order valence-electron chi connectivity index (χ2n) is 6.91. The molecule has 26 heavy (non-hydrogen) atoms. The Labute approximate surface area is 150 Å². The van der Waals surface area contributed by atoms with Crippen LogP contribution in [0, 0.1) is 0 Å². The molecule has 0 aliphatic carbocycles. The summed E-state index contributed by atoms with van der Waals surface area (Å²) in [7, 11) is 0. The van der Waals surface area contributed by atoms with E-state index in [1.54, 1.807) is 24.3 Å². The fraction of sp³-hybridized carbons (Fsp3) is 0.250. The number of Topliss-reactive ketones (excluding diaryl/α,β-unsaturated/α-hetero) is 1. The molecule has 2 aliphatic rings. The van der Waals surface area contributed by atoms with Crippen LogP contribution in [0.15, 0.2) is 54.9 Å². The molecule has 1 N–H and O–H groups in total. The van der Waals surface area contributed by atoms with Crippen molar-refractivity contribution in [3.8, 4) is 0 Å². The van der Waals surface area contributed by atoms with Crippen molar-refractivity contribution in [2.24, 2.45) is 0 Å². The van der Waals surface area contributed by atoms with Crippen LogP contribution in [-0.4, -0.2) is 46.4 Å². The Balaban J connectivity index is 1.53. The second-order valence-corrected chi connectivity index (χ2v) is 6.91. The van der Waals surface area contributed by atoms with E-state index in [2.05, 4.69) is 15.2 Å². The minimum Gasteiger partial charge on any atom is -0.364 e. The van der Waals surface area contributed by atoms with E-state index in [0.717, 1.165) is 30.7 Å². The maximum Gasteiger partial charge on any atom is 0.304 e. The Morgan fingerprint density at radius 3 is 2.65 bits per heavy atom. The molecular weight excluding hydrogens is 328 g/mol. The fourth-order valence-electron chi connectivity index (χ4n) is 4.10. The number of carbonyl (C=O) groups excluding carboxylic acids is 2. The van der Waals surface area contributed by atoms with E-state index in [0.29, 0.717) is 23.2 Å². The van der Waals surface area contributed by atoms with Crippen LogP contribution in [0.25, 0.3) is 11.0 Å². The highest BCUT2D eigenvalue weighted by Gasteiger charge is 2.38. The third-order valence-corrected chi connectivity index (χ3v) is 5.37. The molecule has 130 valence electrons. The van der Waals surface area contributed by atoms with Gasteiger partial charge in [0.2, 0.25) is 0 Å². The lowest BCUT2D eigenvalue weighted by Crippen LogP contribution is -2.43. The number of para-hydroxylation sites is 1.